The molecule has 10 aromatic rings. The molecule has 10 rings (SSSR count). The highest BCUT2D eigenvalue weighted by Crippen LogP contribution is 2.46. The second kappa shape index (κ2) is 14.4. The van der Waals surface area contributed by atoms with Crippen molar-refractivity contribution in [3.8, 4) is 78.7 Å². The van der Waals surface area contributed by atoms with E-state index in [-0.39, 0.29) is 0 Å². The predicted octanol–water partition coefficient (Wildman–Crippen LogP) is 13.8. The lowest BCUT2D eigenvalue weighted by Crippen LogP contribution is -2.01. The largest absolute Gasteiger partial charge is 0.208 e. The van der Waals surface area contributed by atoms with Gasteiger partial charge in [-0.2, -0.15) is 0 Å². The lowest BCUT2D eigenvalue weighted by molar-refractivity contribution is 1.07. The van der Waals surface area contributed by atoms with Crippen molar-refractivity contribution < 1.29 is 0 Å². The van der Waals surface area contributed by atoms with Gasteiger partial charge >= 0.3 is 0 Å². The van der Waals surface area contributed by atoms with Crippen molar-refractivity contribution in [1.29, 1.82) is 0 Å². The summed E-state index contributed by atoms with van der Waals surface area (Å²) in [5.74, 6) is 1.91. The molecule has 1 aromatic heterocycles. The first-order valence-electron chi connectivity index (χ1n) is 19.0. The number of rotatable bonds is 7. The fourth-order valence-corrected chi connectivity index (χ4v) is 7.98. The summed E-state index contributed by atoms with van der Waals surface area (Å²) < 4.78 is 0. The molecule has 0 amide bonds. The zero-order valence-electron chi connectivity index (χ0n) is 30.5. The van der Waals surface area contributed by atoms with Gasteiger partial charge in [0.15, 0.2) is 17.5 Å². The van der Waals surface area contributed by atoms with Crippen LogP contribution in [0.5, 0.6) is 0 Å². The molecular formula is C53H35N3. The molecule has 0 N–H and O–H groups in total. The van der Waals surface area contributed by atoms with E-state index in [1.807, 2.05) is 42.5 Å². The summed E-state index contributed by atoms with van der Waals surface area (Å²) in [7, 11) is 0. The third-order valence-corrected chi connectivity index (χ3v) is 10.6. The van der Waals surface area contributed by atoms with Crippen LogP contribution in [0.4, 0.5) is 0 Å². The van der Waals surface area contributed by atoms with Gasteiger partial charge < -0.3 is 0 Å². The van der Waals surface area contributed by atoms with Gasteiger partial charge in [0.1, 0.15) is 0 Å². The maximum Gasteiger partial charge on any atom is 0.164 e. The topological polar surface area (TPSA) is 38.7 Å². The van der Waals surface area contributed by atoms with Gasteiger partial charge in [-0.15, -0.1) is 0 Å². The smallest absolute Gasteiger partial charge is 0.164 e. The molecule has 0 aliphatic rings. The number of hydrogen-bond donors (Lipinski definition) is 0. The Labute approximate surface area is 326 Å². The molecule has 0 fully saturated rings. The minimum atomic E-state index is 0.630. The summed E-state index contributed by atoms with van der Waals surface area (Å²) in [6.07, 6.45) is 0. The molecule has 0 saturated carbocycles. The molecule has 3 nitrogen and oxygen atoms in total. The summed E-state index contributed by atoms with van der Waals surface area (Å²) in [6.45, 7) is 0. The standard InChI is InChI=1S/C53H35N3/c1-4-18-36(19-5-1)41-24-10-12-26-43(41)50-46-29-15-13-27-44(46)49(45-28-14-16-30-47(45)50)38-32-34-40(35-33-38)52-54-51(39-22-8-3-9-23-39)55-53(56-52)48-31-17-11-25-42(48)37-20-6-2-7-21-37/h1-35H. The first-order chi connectivity index (χ1) is 27.8. The van der Waals surface area contributed by atoms with Crippen molar-refractivity contribution in [1.82, 2.24) is 15.0 Å². The average molecular weight is 714 g/mol. The Hall–Kier alpha value is -7.49. The van der Waals surface area contributed by atoms with Crippen molar-refractivity contribution in [3.63, 3.8) is 0 Å². The first-order valence-corrected chi connectivity index (χ1v) is 19.0. The molecule has 56 heavy (non-hydrogen) atoms. The van der Waals surface area contributed by atoms with Crippen molar-refractivity contribution in [2.75, 3.05) is 0 Å². The zero-order valence-corrected chi connectivity index (χ0v) is 30.5. The van der Waals surface area contributed by atoms with Gasteiger partial charge in [0.05, 0.1) is 0 Å². The molecule has 0 aliphatic carbocycles. The van der Waals surface area contributed by atoms with Crippen molar-refractivity contribution >= 4 is 21.5 Å². The van der Waals surface area contributed by atoms with Crippen LogP contribution >= 0.6 is 0 Å². The average Bonchev–Trinajstić information content (AvgIpc) is 3.29. The highest BCUT2D eigenvalue weighted by atomic mass is 15.0. The molecule has 1 heterocycles. The van der Waals surface area contributed by atoms with Gasteiger partial charge in [0.25, 0.3) is 0 Å². The van der Waals surface area contributed by atoms with E-state index >= 15 is 0 Å². The Morgan fingerprint density at radius 2 is 0.518 bits per heavy atom. The zero-order chi connectivity index (χ0) is 37.3. The van der Waals surface area contributed by atoms with Crippen LogP contribution in [-0.2, 0) is 0 Å². The monoisotopic (exact) mass is 713 g/mol. The van der Waals surface area contributed by atoms with Gasteiger partial charge in [0.2, 0.25) is 0 Å². The van der Waals surface area contributed by atoms with Gasteiger partial charge in [-0.05, 0) is 66.1 Å². The number of fused-ring (bicyclic) bond motifs is 2. The van der Waals surface area contributed by atoms with Crippen LogP contribution in [-0.4, -0.2) is 15.0 Å². The van der Waals surface area contributed by atoms with E-state index in [0.29, 0.717) is 17.5 Å². The number of hydrogen-bond acceptors (Lipinski definition) is 3. The quantitative estimate of drug-likeness (QED) is 0.154. The molecule has 262 valence electrons. The maximum atomic E-state index is 5.14. The predicted molar refractivity (Wildman–Crippen MR) is 233 cm³/mol. The van der Waals surface area contributed by atoms with E-state index in [0.717, 1.165) is 33.4 Å². The molecule has 0 bridgehead atoms. The number of benzene rings is 9. The normalized spacial score (nSPS) is 11.2. The van der Waals surface area contributed by atoms with E-state index in [1.165, 1.54) is 49.4 Å². The number of aromatic nitrogens is 3. The summed E-state index contributed by atoms with van der Waals surface area (Å²) in [6, 6.07) is 74.7. The fourth-order valence-electron chi connectivity index (χ4n) is 7.98. The third kappa shape index (κ3) is 6.02. The van der Waals surface area contributed by atoms with Crippen LogP contribution in [0.3, 0.4) is 0 Å². The van der Waals surface area contributed by atoms with E-state index in [2.05, 4.69) is 170 Å². The van der Waals surface area contributed by atoms with Gasteiger partial charge in [-0.3, -0.25) is 0 Å². The Kier molecular flexibility index (Phi) is 8.51. The highest BCUT2D eigenvalue weighted by molar-refractivity contribution is 6.22. The molecule has 0 radical (unpaired) electrons. The van der Waals surface area contributed by atoms with Gasteiger partial charge in [-0.25, -0.2) is 15.0 Å². The third-order valence-electron chi connectivity index (χ3n) is 10.6. The SMILES string of the molecule is c1ccc(-c2nc(-c3ccc(-c4c5ccccc5c(-c5ccccc5-c5ccccc5)c5ccccc45)cc3)nc(-c3ccccc3-c3ccccc3)n2)cc1. The molecule has 3 heteroatoms. The summed E-state index contributed by atoms with van der Waals surface area (Å²) in [4.78, 5) is 15.3. The van der Waals surface area contributed by atoms with E-state index in [4.69, 9.17) is 15.0 Å². The Morgan fingerprint density at radius 3 is 1.02 bits per heavy atom. The second-order valence-corrected chi connectivity index (χ2v) is 13.9. The fraction of sp³-hybridized carbons (Fsp3) is 0. The molecule has 0 unspecified atom stereocenters. The van der Waals surface area contributed by atoms with E-state index < -0.39 is 0 Å². The lowest BCUT2D eigenvalue weighted by Gasteiger charge is -2.19. The summed E-state index contributed by atoms with van der Waals surface area (Å²) in [5.41, 5.74) is 12.3. The van der Waals surface area contributed by atoms with Crippen LogP contribution < -0.4 is 0 Å². The molecule has 9 aromatic carbocycles. The summed E-state index contributed by atoms with van der Waals surface area (Å²) in [5, 5.41) is 4.87. The molecule has 0 saturated heterocycles. The van der Waals surface area contributed by atoms with Gasteiger partial charge in [0, 0.05) is 16.7 Å². The van der Waals surface area contributed by atoms with Crippen molar-refractivity contribution in [2.24, 2.45) is 0 Å². The minimum absolute atomic E-state index is 0.630. The Bertz CT molecular complexity index is 2940. The second-order valence-electron chi connectivity index (χ2n) is 13.9. The van der Waals surface area contributed by atoms with Crippen LogP contribution in [0.25, 0.3) is 100 Å². The molecule has 0 spiro atoms. The molecule has 0 aliphatic heterocycles. The van der Waals surface area contributed by atoms with E-state index in [9.17, 15) is 0 Å². The molecule has 0 atom stereocenters. The van der Waals surface area contributed by atoms with Crippen LogP contribution in [0.15, 0.2) is 212 Å². The molecular weight excluding hydrogens is 679 g/mol. The Balaban J connectivity index is 1.13. The van der Waals surface area contributed by atoms with Gasteiger partial charge in [-0.1, -0.05) is 212 Å². The van der Waals surface area contributed by atoms with Crippen LogP contribution in [0.2, 0.25) is 0 Å². The Morgan fingerprint density at radius 1 is 0.196 bits per heavy atom. The highest BCUT2D eigenvalue weighted by Gasteiger charge is 2.20. The van der Waals surface area contributed by atoms with Crippen LogP contribution in [0, 0.1) is 0 Å². The van der Waals surface area contributed by atoms with Crippen LogP contribution in [0.1, 0.15) is 0 Å². The lowest BCUT2D eigenvalue weighted by atomic mass is 9.84. The maximum absolute atomic E-state index is 5.14. The van der Waals surface area contributed by atoms with Crippen molar-refractivity contribution in [2.45, 2.75) is 0 Å². The summed E-state index contributed by atoms with van der Waals surface area (Å²) >= 11 is 0. The van der Waals surface area contributed by atoms with E-state index in [1.54, 1.807) is 0 Å². The minimum Gasteiger partial charge on any atom is -0.208 e. The van der Waals surface area contributed by atoms with Crippen molar-refractivity contribution in [3.05, 3.63) is 212 Å². The first kappa shape index (κ1) is 33.1. The number of nitrogens with zero attached hydrogens (tertiary/aromatic N) is 3.